The first kappa shape index (κ1) is 12.0. The maximum absolute atomic E-state index is 11.4. The van der Waals surface area contributed by atoms with E-state index >= 15 is 0 Å². The van der Waals surface area contributed by atoms with Gasteiger partial charge in [-0.1, -0.05) is 0 Å². The summed E-state index contributed by atoms with van der Waals surface area (Å²) >= 11 is 3.20. The van der Waals surface area contributed by atoms with Crippen LogP contribution in [0.2, 0.25) is 0 Å². The largest absolute Gasteiger partial charge is 0.478 e. The molecule has 0 saturated carbocycles. The monoisotopic (exact) mass is 273 g/mol. The van der Waals surface area contributed by atoms with Gasteiger partial charge >= 0.3 is 5.97 Å². The van der Waals surface area contributed by atoms with Gasteiger partial charge in [0.2, 0.25) is 5.88 Å². The summed E-state index contributed by atoms with van der Waals surface area (Å²) in [5.41, 5.74) is 0.403. The summed E-state index contributed by atoms with van der Waals surface area (Å²) < 4.78 is 10.5. The van der Waals surface area contributed by atoms with Crippen molar-refractivity contribution in [2.45, 2.75) is 13.8 Å². The summed E-state index contributed by atoms with van der Waals surface area (Å²) in [6.45, 7) is 4.51. The van der Waals surface area contributed by atoms with Gasteiger partial charge in [-0.3, -0.25) is 0 Å². The van der Waals surface area contributed by atoms with E-state index < -0.39 is 0 Å². The van der Waals surface area contributed by atoms with Gasteiger partial charge < -0.3 is 9.47 Å². The highest BCUT2D eigenvalue weighted by Gasteiger charge is 2.12. The summed E-state index contributed by atoms with van der Waals surface area (Å²) in [4.78, 5) is 15.5. The van der Waals surface area contributed by atoms with Crippen LogP contribution < -0.4 is 4.74 Å². The average Bonchev–Trinajstić information content (AvgIpc) is 2.18. The number of pyridine rings is 1. The average molecular weight is 274 g/mol. The molecule has 1 rings (SSSR count). The van der Waals surface area contributed by atoms with E-state index in [-0.39, 0.29) is 5.97 Å². The van der Waals surface area contributed by atoms with Gasteiger partial charge in [0.1, 0.15) is 4.60 Å². The van der Waals surface area contributed by atoms with Crippen LogP contribution in [0.3, 0.4) is 0 Å². The Morgan fingerprint density at radius 3 is 2.67 bits per heavy atom. The summed E-state index contributed by atoms with van der Waals surface area (Å²) in [6, 6.07) is 3.26. The van der Waals surface area contributed by atoms with E-state index in [0.717, 1.165) is 0 Å². The number of rotatable bonds is 4. The normalized spacial score (nSPS) is 9.80. The minimum absolute atomic E-state index is 0.346. The number of carbonyl (C=O) groups excluding carboxylic acids is 1. The summed E-state index contributed by atoms with van der Waals surface area (Å²) in [5, 5.41) is 0. The molecule has 1 aromatic heterocycles. The molecule has 5 heteroatoms. The van der Waals surface area contributed by atoms with Crippen molar-refractivity contribution in [2.24, 2.45) is 0 Å². The van der Waals surface area contributed by atoms with E-state index in [2.05, 4.69) is 20.9 Å². The highest BCUT2D eigenvalue weighted by atomic mass is 79.9. The molecular formula is C10H12BrNO3. The van der Waals surface area contributed by atoms with E-state index in [4.69, 9.17) is 9.47 Å². The first-order chi connectivity index (χ1) is 7.19. The van der Waals surface area contributed by atoms with Crippen molar-refractivity contribution in [1.29, 1.82) is 0 Å². The minimum atomic E-state index is -0.389. The predicted molar refractivity (Wildman–Crippen MR) is 59.1 cm³/mol. The smallest absolute Gasteiger partial charge is 0.340 e. The third kappa shape index (κ3) is 3.20. The fourth-order valence-corrected chi connectivity index (χ4v) is 1.48. The highest BCUT2D eigenvalue weighted by molar-refractivity contribution is 9.10. The Balaban J connectivity index is 2.87. The van der Waals surface area contributed by atoms with Crippen LogP contribution >= 0.6 is 15.9 Å². The molecule has 4 nitrogen and oxygen atoms in total. The van der Waals surface area contributed by atoms with E-state index in [1.165, 1.54) is 0 Å². The molecular weight excluding hydrogens is 262 g/mol. The number of hydrogen-bond acceptors (Lipinski definition) is 4. The standard InChI is InChI=1S/C10H12BrNO3/c1-3-14-8-6-5-7(9(11)12-8)10(13)15-4-2/h5-6H,3-4H2,1-2H3. The van der Waals surface area contributed by atoms with Crippen molar-refractivity contribution in [3.8, 4) is 5.88 Å². The zero-order valence-electron chi connectivity index (χ0n) is 8.62. The van der Waals surface area contributed by atoms with Crippen LogP contribution in [0.4, 0.5) is 0 Å². The molecule has 82 valence electrons. The Morgan fingerprint density at radius 1 is 1.40 bits per heavy atom. The van der Waals surface area contributed by atoms with Crippen molar-refractivity contribution >= 4 is 21.9 Å². The van der Waals surface area contributed by atoms with Crippen LogP contribution in [0.25, 0.3) is 0 Å². The van der Waals surface area contributed by atoms with Crippen LogP contribution in [0.5, 0.6) is 5.88 Å². The molecule has 0 aromatic carbocycles. The summed E-state index contributed by atoms with van der Waals surface area (Å²) in [7, 11) is 0. The molecule has 1 heterocycles. The topological polar surface area (TPSA) is 48.4 Å². The van der Waals surface area contributed by atoms with Gasteiger partial charge in [-0.05, 0) is 35.8 Å². The van der Waals surface area contributed by atoms with Crippen molar-refractivity contribution in [3.63, 3.8) is 0 Å². The van der Waals surface area contributed by atoms with Crippen LogP contribution in [0.1, 0.15) is 24.2 Å². The first-order valence-corrected chi connectivity index (χ1v) is 5.44. The lowest BCUT2D eigenvalue weighted by molar-refractivity contribution is 0.0524. The number of aromatic nitrogens is 1. The predicted octanol–water partition coefficient (Wildman–Crippen LogP) is 2.42. The van der Waals surface area contributed by atoms with Crippen molar-refractivity contribution in [2.75, 3.05) is 13.2 Å². The number of esters is 1. The van der Waals surface area contributed by atoms with Gasteiger partial charge in [0.15, 0.2) is 0 Å². The third-order valence-corrected chi connectivity index (χ3v) is 2.22. The molecule has 0 aliphatic rings. The Labute approximate surface area is 96.7 Å². The van der Waals surface area contributed by atoms with Crippen molar-refractivity contribution in [1.82, 2.24) is 4.98 Å². The van der Waals surface area contributed by atoms with Gasteiger partial charge in [-0.25, -0.2) is 9.78 Å². The molecule has 0 bridgehead atoms. The quantitative estimate of drug-likeness (QED) is 0.625. The molecule has 0 amide bonds. The summed E-state index contributed by atoms with van der Waals surface area (Å²) in [5.74, 6) is 0.0948. The van der Waals surface area contributed by atoms with Gasteiger partial charge in [-0.2, -0.15) is 0 Å². The molecule has 0 spiro atoms. The van der Waals surface area contributed by atoms with Crippen molar-refractivity contribution in [3.05, 3.63) is 22.3 Å². The molecule has 0 fully saturated rings. The Kier molecular flexibility index (Phi) is 4.55. The Morgan fingerprint density at radius 2 is 2.13 bits per heavy atom. The van der Waals surface area contributed by atoms with Crippen LogP contribution in [-0.2, 0) is 4.74 Å². The van der Waals surface area contributed by atoms with E-state index in [1.807, 2.05) is 6.92 Å². The van der Waals surface area contributed by atoms with Gasteiger partial charge in [0.05, 0.1) is 18.8 Å². The molecule has 15 heavy (non-hydrogen) atoms. The number of hydrogen-bond donors (Lipinski definition) is 0. The number of nitrogens with zero attached hydrogens (tertiary/aromatic N) is 1. The lowest BCUT2D eigenvalue weighted by Crippen LogP contribution is -2.07. The highest BCUT2D eigenvalue weighted by Crippen LogP contribution is 2.19. The maximum Gasteiger partial charge on any atom is 0.340 e. The molecule has 0 atom stereocenters. The van der Waals surface area contributed by atoms with Gasteiger partial charge in [-0.15, -0.1) is 0 Å². The lowest BCUT2D eigenvalue weighted by Gasteiger charge is -2.06. The van der Waals surface area contributed by atoms with E-state index in [1.54, 1.807) is 19.1 Å². The van der Waals surface area contributed by atoms with Crippen LogP contribution in [-0.4, -0.2) is 24.2 Å². The second-order valence-corrected chi connectivity index (χ2v) is 3.39. The minimum Gasteiger partial charge on any atom is -0.478 e. The molecule has 0 saturated heterocycles. The third-order valence-electron chi connectivity index (χ3n) is 1.61. The fraction of sp³-hybridized carbons (Fsp3) is 0.400. The Hall–Kier alpha value is -1.10. The molecule has 0 aliphatic carbocycles. The molecule has 0 N–H and O–H groups in total. The zero-order chi connectivity index (χ0) is 11.3. The summed E-state index contributed by atoms with van der Waals surface area (Å²) in [6.07, 6.45) is 0. The number of halogens is 1. The van der Waals surface area contributed by atoms with Gasteiger partial charge in [0, 0.05) is 6.07 Å². The Bertz CT molecular complexity index is 355. The SMILES string of the molecule is CCOC(=O)c1ccc(OCC)nc1Br. The molecule has 0 radical (unpaired) electrons. The van der Waals surface area contributed by atoms with Crippen molar-refractivity contribution < 1.29 is 14.3 Å². The molecule has 0 aliphatic heterocycles. The van der Waals surface area contributed by atoms with Gasteiger partial charge in [0.25, 0.3) is 0 Å². The van der Waals surface area contributed by atoms with E-state index in [9.17, 15) is 4.79 Å². The second-order valence-electron chi connectivity index (χ2n) is 2.64. The van der Waals surface area contributed by atoms with E-state index in [0.29, 0.717) is 29.3 Å². The van der Waals surface area contributed by atoms with Crippen LogP contribution in [0.15, 0.2) is 16.7 Å². The van der Waals surface area contributed by atoms with Crippen LogP contribution in [0, 0.1) is 0 Å². The number of carbonyl (C=O) groups is 1. The molecule has 1 aromatic rings. The molecule has 0 unspecified atom stereocenters. The first-order valence-electron chi connectivity index (χ1n) is 4.65. The maximum atomic E-state index is 11.4. The zero-order valence-corrected chi connectivity index (χ0v) is 10.2. The second kappa shape index (κ2) is 5.70. The fourth-order valence-electron chi connectivity index (χ4n) is 1.01. The lowest BCUT2D eigenvalue weighted by atomic mass is 10.3. The number of ether oxygens (including phenoxy) is 2.